The third kappa shape index (κ3) is 4.11. The summed E-state index contributed by atoms with van der Waals surface area (Å²) in [6.07, 6.45) is 2.00. The number of allylic oxidation sites excluding steroid dienone is 1. The lowest BCUT2D eigenvalue weighted by Crippen LogP contribution is -2.16. The number of benzene rings is 1. The monoisotopic (exact) mass is 523 g/mol. The van der Waals surface area contributed by atoms with Crippen molar-refractivity contribution >= 4 is 77.4 Å². The van der Waals surface area contributed by atoms with Crippen LogP contribution in [0.25, 0.3) is 10.6 Å². The summed E-state index contributed by atoms with van der Waals surface area (Å²) < 4.78 is 0.851. The van der Waals surface area contributed by atoms with Crippen LogP contribution in [0.2, 0.25) is 10.0 Å². The quantitative estimate of drug-likeness (QED) is 0.505. The van der Waals surface area contributed by atoms with E-state index in [0.717, 1.165) is 8.96 Å². The molecule has 1 aliphatic carbocycles. The minimum Gasteiger partial charge on any atom is -0.300 e. The summed E-state index contributed by atoms with van der Waals surface area (Å²) in [5, 5.41) is 13.2. The third-order valence-corrected chi connectivity index (χ3v) is 6.26. The van der Waals surface area contributed by atoms with Crippen LogP contribution in [0.4, 0.5) is 5.13 Å². The van der Waals surface area contributed by atoms with Crippen LogP contribution in [-0.2, 0) is 4.79 Å². The van der Waals surface area contributed by atoms with Crippen molar-refractivity contribution in [2.45, 2.75) is 13.8 Å². The Morgan fingerprint density at radius 2 is 2.04 bits per heavy atom. The lowest BCUT2D eigenvalue weighted by atomic mass is 10.1. The van der Waals surface area contributed by atoms with Crippen molar-refractivity contribution in [2.75, 3.05) is 5.32 Å². The molecule has 25 heavy (non-hydrogen) atoms. The fourth-order valence-electron chi connectivity index (χ4n) is 2.85. The molecule has 132 valence electrons. The Bertz CT molecular complexity index is 865. The molecule has 0 radical (unpaired) electrons. The third-order valence-electron chi connectivity index (χ3n) is 4.32. The summed E-state index contributed by atoms with van der Waals surface area (Å²) in [6, 6.07) is 5.18. The average molecular weight is 526 g/mol. The normalized spacial score (nSPS) is 20.9. The van der Waals surface area contributed by atoms with Gasteiger partial charge >= 0.3 is 0 Å². The number of aromatic nitrogens is 2. The van der Waals surface area contributed by atoms with Gasteiger partial charge < -0.3 is 5.32 Å². The minimum absolute atomic E-state index is 0.0580. The topological polar surface area (TPSA) is 54.9 Å². The van der Waals surface area contributed by atoms with Crippen molar-refractivity contribution < 1.29 is 4.79 Å². The molecule has 0 aliphatic heterocycles. The summed E-state index contributed by atoms with van der Waals surface area (Å²) in [7, 11) is 0. The van der Waals surface area contributed by atoms with E-state index in [1.807, 2.05) is 6.08 Å². The molecule has 1 heterocycles. The van der Waals surface area contributed by atoms with E-state index in [4.69, 9.17) is 23.2 Å². The summed E-state index contributed by atoms with van der Waals surface area (Å²) in [4.78, 5) is 12.6. The van der Waals surface area contributed by atoms with Crippen molar-refractivity contribution in [3.05, 3.63) is 37.7 Å². The van der Waals surface area contributed by atoms with Gasteiger partial charge in [0, 0.05) is 10.6 Å². The fraction of sp³-hybridized carbons (Fsp3) is 0.312. The zero-order chi connectivity index (χ0) is 18.4. The molecule has 2 atom stereocenters. The molecule has 1 fully saturated rings. The Labute approximate surface area is 176 Å². The van der Waals surface area contributed by atoms with Crippen LogP contribution in [-0.4, -0.2) is 16.1 Å². The highest BCUT2D eigenvalue weighted by molar-refractivity contribution is 9.28. The van der Waals surface area contributed by atoms with E-state index >= 15 is 0 Å². The molecule has 1 N–H and O–H groups in total. The number of hydrogen-bond donors (Lipinski definition) is 1. The van der Waals surface area contributed by atoms with Crippen LogP contribution in [0, 0.1) is 17.3 Å². The molecule has 3 rings (SSSR count). The lowest BCUT2D eigenvalue weighted by molar-refractivity contribution is -0.118. The zero-order valence-electron chi connectivity index (χ0n) is 13.2. The molecule has 2 aromatic rings. The van der Waals surface area contributed by atoms with Gasteiger partial charge in [-0.3, -0.25) is 4.79 Å². The van der Waals surface area contributed by atoms with Crippen LogP contribution in [0.5, 0.6) is 0 Å². The van der Waals surface area contributed by atoms with Crippen LogP contribution in [0.15, 0.2) is 27.7 Å². The standard InChI is InChI=1S/C16H13Br2Cl2N3OS/c1-16(2)9(6-11(17)18)12(16)13(24)21-15-23-22-14(25-15)8-4-3-7(19)5-10(8)20/h3-6,9,12H,1-2H3,(H,21,23,24). The van der Waals surface area contributed by atoms with Crippen molar-refractivity contribution in [3.63, 3.8) is 0 Å². The first kappa shape index (κ1) is 19.3. The van der Waals surface area contributed by atoms with Crippen molar-refractivity contribution in [1.82, 2.24) is 10.2 Å². The van der Waals surface area contributed by atoms with E-state index < -0.39 is 0 Å². The zero-order valence-corrected chi connectivity index (χ0v) is 18.7. The van der Waals surface area contributed by atoms with Crippen molar-refractivity contribution in [1.29, 1.82) is 0 Å². The van der Waals surface area contributed by atoms with Crippen LogP contribution in [0.1, 0.15) is 13.8 Å². The maximum Gasteiger partial charge on any atom is 0.230 e. The van der Waals surface area contributed by atoms with Gasteiger partial charge in [-0.05, 0) is 61.4 Å². The molecule has 1 aliphatic rings. The van der Waals surface area contributed by atoms with Crippen molar-refractivity contribution in [2.24, 2.45) is 17.3 Å². The van der Waals surface area contributed by atoms with E-state index in [1.165, 1.54) is 11.3 Å². The maximum absolute atomic E-state index is 12.6. The smallest absolute Gasteiger partial charge is 0.230 e. The van der Waals surface area contributed by atoms with Crippen LogP contribution < -0.4 is 5.32 Å². The number of hydrogen-bond acceptors (Lipinski definition) is 4. The minimum atomic E-state index is -0.107. The number of anilines is 1. The van der Waals surface area contributed by atoms with Gasteiger partial charge in [0.05, 0.1) is 14.3 Å². The predicted octanol–water partition coefficient (Wildman–Crippen LogP) is 6.35. The number of amides is 1. The van der Waals surface area contributed by atoms with Gasteiger partial charge in [-0.15, -0.1) is 10.2 Å². The van der Waals surface area contributed by atoms with E-state index in [-0.39, 0.29) is 23.2 Å². The SMILES string of the molecule is CC1(C)C(C=C(Br)Br)C1C(=O)Nc1nnc(-c2ccc(Cl)cc2Cl)s1. The second kappa shape index (κ2) is 7.27. The van der Waals surface area contributed by atoms with E-state index in [9.17, 15) is 4.79 Å². The van der Waals surface area contributed by atoms with Gasteiger partial charge in [-0.2, -0.15) is 0 Å². The highest BCUT2D eigenvalue weighted by atomic mass is 79.9. The van der Waals surface area contributed by atoms with Gasteiger partial charge in [0.15, 0.2) is 5.01 Å². The first-order chi connectivity index (χ1) is 11.7. The Morgan fingerprint density at radius 1 is 1.32 bits per heavy atom. The fourth-order valence-corrected chi connectivity index (χ4v) is 4.76. The van der Waals surface area contributed by atoms with E-state index in [2.05, 4.69) is 61.2 Å². The molecule has 1 aromatic carbocycles. The molecule has 0 spiro atoms. The number of halogens is 4. The Hall–Kier alpha value is -0.470. The summed E-state index contributed by atoms with van der Waals surface area (Å²) in [6.45, 7) is 4.14. The molecule has 1 amide bonds. The predicted molar refractivity (Wildman–Crippen MR) is 111 cm³/mol. The molecule has 2 unspecified atom stereocenters. The molecule has 0 saturated heterocycles. The van der Waals surface area contributed by atoms with Gasteiger partial charge in [0.2, 0.25) is 11.0 Å². The number of carbonyl (C=O) groups excluding carboxylic acids is 1. The lowest BCUT2D eigenvalue weighted by Gasteiger charge is -2.02. The highest BCUT2D eigenvalue weighted by Gasteiger charge is 2.60. The van der Waals surface area contributed by atoms with Crippen LogP contribution >= 0.6 is 66.4 Å². The second-order valence-electron chi connectivity index (χ2n) is 6.31. The number of carbonyl (C=O) groups is 1. The average Bonchev–Trinajstić information content (AvgIpc) is 2.82. The molecule has 0 bridgehead atoms. The molecule has 4 nitrogen and oxygen atoms in total. The van der Waals surface area contributed by atoms with Gasteiger partial charge in [-0.25, -0.2) is 0 Å². The van der Waals surface area contributed by atoms with Gasteiger partial charge in [0.1, 0.15) is 0 Å². The molecular weight excluding hydrogens is 513 g/mol. The first-order valence-electron chi connectivity index (χ1n) is 7.32. The molecular formula is C16H13Br2Cl2N3OS. The summed E-state index contributed by atoms with van der Waals surface area (Å²) in [5.74, 6) is 0.000763. The summed E-state index contributed by atoms with van der Waals surface area (Å²) in [5.41, 5.74) is 0.643. The Balaban J connectivity index is 1.74. The van der Waals surface area contributed by atoms with E-state index in [1.54, 1.807) is 18.2 Å². The van der Waals surface area contributed by atoms with Crippen molar-refractivity contribution in [3.8, 4) is 10.6 Å². The van der Waals surface area contributed by atoms with Gasteiger partial charge in [0.25, 0.3) is 0 Å². The number of nitrogens with one attached hydrogen (secondary N) is 1. The van der Waals surface area contributed by atoms with Gasteiger partial charge in [-0.1, -0.05) is 54.5 Å². The molecule has 1 saturated carbocycles. The number of rotatable bonds is 4. The highest BCUT2D eigenvalue weighted by Crippen LogP contribution is 2.60. The number of nitrogens with zero attached hydrogens (tertiary/aromatic N) is 2. The largest absolute Gasteiger partial charge is 0.300 e. The second-order valence-corrected chi connectivity index (χ2v) is 10.9. The summed E-state index contributed by atoms with van der Waals surface area (Å²) >= 11 is 20.1. The van der Waals surface area contributed by atoms with E-state index in [0.29, 0.717) is 20.2 Å². The van der Waals surface area contributed by atoms with Crippen LogP contribution in [0.3, 0.4) is 0 Å². The molecule has 1 aromatic heterocycles. The Morgan fingerprint density at radius 3 is 2.68 bits per heavy atom. The first-order valence-corrected chi connectivity index (χ1v) is 10.5. The Kier molecular flexibility index (Phi) is 5.61. The molecule has 9 heteroatoms. The maximum atomic E-state index is 12.6.